The Hall–Kier alpha value is -2.49. The van der Waals surface area contributed by atoms with Crippen LogP contribution < -0.4 is 0 Å². The fraction of sp³-hybridized carbons (Fsp3) is 0.381. The van der Waals surface area contributed by atoms with Gasteiger partial charge in [0.1, 0.15) is 11.5 Å². The van der Waals surface area contributed by atoms with Crippen molar-refractivity contribution >= 4 is 5.91 Å². The number of fused-ring (bicyclic) bond motifs is 1. The number of hydrogen-bond donors (Lipinski definition) is 2. The van der Waals surface area contributed by atoms with Gasteiger partial charge in [-0.05, 0) is 35.6 Å². The molecule has 25 heavy (non-hydrogen) atoms. The van der Waals surface area contributed by atoms with E-state index >= 15 is 0 Å². The molecule has 0 fully saturated rings. The van der Waals surface area contributed by atoms with Gasteiger partial charge in [-0.1, -0.05) is 51.5 Å². The summed E-state index contributed by atoms with van der Waals surface area (Å²) in [6, 6.07) is 9.05. The molecule has 1 aliphatic rings. The number of carbonyl (C=O) groups is 1. The summed E-state index contributed by atoms with van der Waals surface area (Å²) >= 11 is 0. The Kier molecular flexibility index (Phi) is 5.73. The topological polar surface area (TPSA) is 60.8 Å². The smallest absolute Gasteiger partial charge is 0.258 e. The lowest BCUT2D eigenvalue weighted by molar-refractivity contribution is 0.0748. The van der Waals surface area contributed by atoms with Crippen molar-refractivity contribution in [2.45, 2.75) is 53.6 Å². The van der Waals surface area contributed by atoms with Crippen molar-refractivity contribution in [2.24, 2.45) is 0 Å². The standard InChI is InChI=1S/C19H21NO3.C2H6/c1-11(2)15-7-16(18(22)8-17(15)21)19(23)20-9-13-5-4-12(3)6-14(13)10-20;1-2/h4-8,11,21-22H,9-10H2,1-3H3;1-2H3. The second kappa shape index (κ2) is 7.60. The summed E-state index contributed by atoms with van der Waals surface area (Å²) in [4.78, 5) is 14.5. The van der Waals surface area contributed by atoms with Crippen molar-refractivity contribution in [3.05, 3.63) is 58.1 Å². The van der Waals surface area contributed by atoms with E-state index in [2.05, 4.69) is 6.07 Å². The van der Waals surface area contributed by atoms with Crippen LogP contribution in [0.3, 0.4) is 0 Å². The van der Waals surface area contributed by atoms with E-state index < -0.39 is 0 Å². The maximum atomic E-state index is 12.8. The molecule has 1 heterocycles. The summed E-state index contributed by atoms with van der Waals surface area (Å²) in [7, 11) is 0. The number of rotatable bonds is 2. The Balaban J connectivity index is 0.00000109. The van der Waals surface area contributed by atoms with Crippen LogP contribution in [-0.4, -0.2) is 21.0 Å². The summed E-state index contributed by atoms with van der Waals surface area (Å²) in [6.07, 6.45) is 0. The van der Waals surface area contributed by atoms with E-state index in [0.717, 1.165) is 11.1 Å². The molecule has 0 unspecified atom stereocenters. The molecule has 1 amide bonds. The minimum Gasteiger partial charge on any atom is -0.508 e. The van der Waals surface area contributed by atoms with E-state index in [0.29, 0.717) is 18.7 Å². The maximum Gasteiger partial charge on any atom is 0.258 e. The molecule has 0 atom stereocenters. The SMILES string of the molecule is CC.Cc1ccc2c(c1)CN(C(=O)c1cc(C(C)C)c(O)cc1O)C2. The number of phenolic OH excluding ortho intramolecular Hbond substituents is 2. The zero-order valence-electron chi connectivity index (χ0n) is 15.6. The van der Waals surface area contributed by atoms with Gasteiger partial charge in [0.05, 0.1) is 5.56 Å². The van der Waals surface area contributed by atoms with Gasteiger partial charge in [0.25, 0.3) is 5.91 Å². The summed E-state index contributed by atoms with van der Waals surface area (Å²) in [6.45, 7) is 11.0. The van der Waals surface area contributed by atoms with Crippen molar-refractivity contribution in [3.8, 4) is 11.5 Å². The average molecular weight is 341 g/mol. The van der Waals surface area contributed by atoms with Gasteiger partial charge in [-0.2, -0.15) is 0 Å². The summed E-state index contributed by atoms with van der Waals surface area (Å²) < 4.78 is 0. The van der Waals surface area contributed by atoms with Crippen LogP contribution in [0.5, 0.6) is 11.5 Å². The molecular weight excluding hydrogens is 314 g/mol. The number of aryl methyl sites for hydroxylation is 1. The van der Waals surface area contributed by atoms with Crippen LogP contribution in [0.4, 0.5) is 0 Å². The quantitative estimate of drug-likeness (QED) is 0.831. The van der Waals surface area contributed by atoms with Crippen molar-refractivity contribution < 1.29 is 15.0 Å². The number of amides is 1. The van der Waals surface area contributed by atoms with E-state index in [1.54, 1.807) is 11.0 Å². The number of phenols is 2. The van der Waals surface area contributed by atoms with Gasteiger partial charge in [-0.15, -0.1) is 0 Å². The lowest BCUT2D eigenvalue weighted by Crippen LogP contribution is -2.25. The van der Waals surface area contributed by atoms with Gasteiger partial charge < -0.3 is 15.1 Å². The second-order valence-corrected chi connectivity index (χ2v) is 6.52. The van der Waals surface area contributed by atoms with E-state index in [9.17, 15) is 15.0 Å². The molecule has 0 radical (unpaired) electrons. The number of benzene rings is 2. The summed E-state index contributed by atoms with van der Waals surface area (Å²) in [5.41, 5.74) is 4.38. The molecule has 3 rings (SSSR count). The molecular formula is C21H27NO3. The van der Waals surface area contributed by atoms with Gasteiger partial charge in [0, 0.05) is 19.2 Å². The molecule has 4 heteroatoms. The molecule has 2 aromatic carbocycles. The fourth-order valence-corrected chi connectivity index (χ4v) is 3.06. The molecule has 4 nitrogen and oxygen atoms in total. The Morgan fingerprint density at radius 1 is 1.00 bits per heavy atom. The first-order chi connectivity index (χ1) is 11.9. The normalized spacial score (nSPS) is 12.6. The first-order valence-corrected chi connectivity index (χ1v) is 8.80. The predicted molar refractivity (Wildman–Crippen MR) is 100.0 cm³/mol. The van der Waals surface area contributed by atoms with Crippen LogP contribution in [0.15, 0.2) is 30.3 Å². The predicted octanol–water partition coefficient (Wildman–Crippen LogP) is 4.71. The van der Waals surface area contributed by atoms with Gasteiger partial charge in [0.2, 0.25) is 0 Å². The highest BCUT2D eigenvalue weighted by atomic mass is 16.3. The molecule has 1 aliphatic heterocycles. The number of aromatic hydroxyl groups is 2. The van der Waals surface area contributed by atoms with E-state index in [1.807, 2.05) is 46.8 Å². The second-order valence-electron chi connectivity index (χ2n) is 6.52. The van der Waals surface area contributed by atoms with Crippen LogP contribution in [0, 0.1) is 6.92 Å². The Bertz CT molecular complexity index is 781. The summed E-state index contributed by atoms with van der Waals surface area (Å²) in [5, 5.41) is 20.0. The van der Waals surface area contributed by atoms with Gasteiger partial charge in [-0.25, -0.2) is 0 Å². The lowest BCUT2D eigenvalue weighted by atomic mass is 9.98. The molecule has 0 bridgehead atoms. The molecule has 2 N–H and O–H groups in total. The highest BCUT2D eigenvalue weighted by Gasteiger charge is 2.27. The number of hydrogen-bond acceptors (Lipinski definition) is 3. The lowest BCUT2D eigenvalue weighted by Gasteiger charge is -2.18. The molecule has 0 aliphatic carbocycles. The molecule has 0 spiro atoms. The molecule has 134 valence electrons. The molecule has 2 aromatic rings. The Morgan fingerprint density at radius 3 is 2.28 bits per heavy atom. The first-order valence-electron chi connectivity index (χ1n) is 8.80. The molecule has 0 aromatic heterocycles. The zero-order valence-corrected chi connectivity index (χ0v) is 15.6. The van der Waals surface area contributed by atoms with Crippen molar-refractivity contribution in [3.63, 3.8) is 0 Å². The van der Waals surface area contributed by atoms with Crippen LogP contribution in [0.1, 0.15) is 66.2 Å². The van der Waals surface area contributed by atoms with Crippen LogP contribution in [0.2, 0.25) is 0 Å². The monoisotopic (exact) mass is 341 g/mol. The van der Waals surface area contributed by atoms with Crippen LogP contribution >= 0.6 is 0 Å². The highest BCUT2D eigenvalue weighted by Crippen LogP contribution is 2.34. The largest absolute Gasteiger partial charge is 0.508 e. The third kappa shape index (κ3) is 3.78. The van der Waals surface area contributed by atoms with Crippen LogP contribution in [-0.2, 0) is 13.1 Å². The van der Waals surface area contributed by atoms with Crippen molar-refractivity contribution in [1.29, 1.82) is 0 Å². The van der Waals surface area contributed by atoms with E-state index in [4.69, 9.17) is 0 Å². The van der Waals surface area contributed by atoms with E-state index in [1.165, 1.54) is 11.6 Å². The maximum absolute atomic E-state index is 12.8. The van der Waals surface area contributed by atoms with E-state index in [-0.39, 0.29) is 28.9 Å². The third-order valence-electron chi connectivity index (χ3n) is 4.37. The van der Waals surface area contributed by atoms with Gasteiger partial charge in [0.15, 0.2) is 0 Å². The summed E-state index contributed by atoms with van der Waals surface area (Å²) in [5.74, 6) is -0.294. The highest BCUT2D eigenvalue weighted by molar-refractivity contribution is 5.97. The number of nitrogens with zero attached hydrogens (tertiary/aromatic N) is 1. The van der Waals surface area contributed by atoms with Gasteiger partial charge >= 0.3 is 0 Å². The van der Waals surface area contributed by atoms with Gasteiger partial charge in [-0.3, -0.25) is 4.79 Å². The third-order valence-corrected chi connectivity index (χ3v) is 4.37. The van der Waals surface area contributed by atoms with Crippen LogP contribution in [0.25, 0.3) is 0 Å². The van der Waals surface area contributed by atoms with Crippen molar-refractivity contribution in [1.82, 2.24) is 4.90 Å². The van der Waals surface area contributed by atoms with Crippen molar-refractivity contribution in [2.75, 3.05) is 0 Å². The molecule has 0 saturated heterocycles. The Morgan fingerprint density at radius 2 is 1.64 bits per heavy atom. The minimum absolute atomic E-state index is 0.0226. The minimum atomic E-state index is -0.210. The first kappa shape index (κ1) is 18.8. The zero-order chi connectivity index (χ0) is 18.7. The fourth-order valence-electron chi connectivity index (χ4n) is 3.06. The molecule has 0 saturated carbocycles. The number of carbonyl (C=O) groups excluding carboxylic acids is 1. The Labute approximate surface area is 149 Å². The average Bonchev–Trinajstić information content (AvgIpc) is 2.99.